The fourth-order valence-corrected chi connectivity index (χ4v) is 0.953. The average molecular weight is 193 g/mol. The zero-order valence-corrected chi connectivity index (χ0v) is 7.36. The van der Waals surface area contributed by atoms with Crippen molar-refractivity contribution in [3.8, 4) is 12.1 Å². The lowest BCUT2D eigenvalue weighted by molar-refractivity contribution is 0.808. The maximum absolute atomic E-state index is 8.70. The molecule has 1 aromatic rings. The molecule has 0 spiro atoms. The smallest absolute Gasteiger partial charge is 0.176 e. The van der Waals surface area contributed by atoms with Crippen LogP contribution in [0, 0.1) is 22.7 Å². The molecular weight excluding hydrogens is 188 g/mol. The Hall–Kier alpha value is -1.78. The van der Waals surface area contributed by atoms with Gasteiger partial charge in [0.2, 0.25) is 0 Å². The lowest BCUT2D eigenvalue weighted by Crippen LogP contribution is -1.96. The molecule has 1 aromatic heterocycles. The van der Waals surface area contributed by atoms with Crippen LogP contribution in [0.15, 0.2) is 17.9 Å². The summed E-state index contributed by atoms with van der Waals surface area (Å²) in [5.74, 6) is 0. The molecule has 13 heavy (non-hydrogen) atoms. The van der Waals surface area contributed by atoms with Gasteiger partial charge in [0, 0.05) is 12.1 Å². The normalized spacial score (nSPS) is 9.77. The monoisotopic (exact) mass is 192 g/mol. The van der Waals surface area contributed by atoms with Crippen LogP contribution in [0.1, 0.15) is 11.4 Å². The van der Waals surface area contributed by atoms with Crippen LogP contribution in [0.25, 0.3) is 0 Å². The molecule has 0 fully saturated rings. The van der Waals surface area contributed by atoms with Crippen LogP contribution in [-0.4, -0.2) is 9.55 Å². The molecule has 0 atom stereocenters. The van der Waals surface area contributed by atoms with Gasteiger partial charge in [-0.2, -0.15) is 10.5 Å². The third-order valence-electron chi connectivity index (χ3n) is 1.44. The first-order valence-electron chi connectivity index (χ1n) is 3.44. The van der Waals surface area contributed by atoms with Crippen molar-refractivity contribution in [1.29, 1.82) is 10.5 Å². The van der Waals surface area contributed by atoms with Gasteiger partial charge in [-0.3, -0.25) is 0 Å². The van der Waals surface area contributed by atoms with E-state index in [1.54, 1.807) is 10.6 Å². The molecule has 0 aromatic carbocycles. The molecule has 0 aliphatic carbocycles. The lowest BCUT2D eigenvalue weighted by atomic mass is 10.3. The third kappa shape index (κ3) is 1.87. The number of rotatable bonds is 2. The summed E-state index contributed by atoms with van der Waals surface area (Å²) in [4.78, 5) is 3.76. The zero-order valence-electron chi connectivity index (χ0n) is 6.61. The van der Waals surface area contributed by atoms with Crippen molar-refractivity contribution in [3.63, 3.8) is 0 Å². The number of nitrogens with zero attached hydrogens (tertiary/aromatic N) is 4. The highest BCUT2D eigenvalue weighted by atomic mass is 35.5. The number of nitriles is 2. The van der Waals surface area contributed by atoms with Crippen LogP contribution in [0.5, 0.6) is 0 Å². The fourth-order valence-electron chi connectivity index (χ4n) is 0.873. The number of allylic oxidation sites excluding steroid dienone is 1. The van der Waals surface area contributed by atoms with Crippen molar-refractivity contribution >= 4 is 11.6 Å². The number of hydrogen-bond acceptors (Lipinski definition) is 3. The topological polar surface area (TPSA) is 65.4 Å². The van der Waals surface area contributed by atoms with E-state index < -0.39 is 0 Å². The first kappa shape index (κ1) is 9.31. The highest BCUT2D eigenvalue weighted by Gasteiger charge is 2.07. The predicted octanol–water partition coefficient (Wildman–Crippen LogP) is 1.38. The highest BCUT2D eigenvalue weighted by Crippen LogP contribution is 2.04. The molecule has 5 heteroatoms. The minimum absolute atomic E-state index is 0.144. The second-order valence-electron chi connectivity index (χ2n) is 2.18. The average Bonchev–Trinajstić information content (AvgIpc) is 2.56. The van der Waals surface area contributed by atoms with E-state index >= 15 is 0 Å². The molecule has 4 nitrogen and oxygen atoms in total. The summed E-state index contributed by atoms with van der Waals surface area (Å²) in [6.45, 7) is 0.446. The van der Waals surface area contributed by atoms with Gasteiger partial charge in [-0.15, -0.1) is 0 Å². The Labute approximate surface area is 80.3 Å². The van der Waals surface area contributed by atoms with Crippen molar-refractivity contribution in [3.05, 3.63) is 29.3 Å². The van der Waals surface area contributed by atoms with Gasteiger partial charge in [0.05, 0.1) is 6.33 Å². The fraction of sp³-hybridized carbons (Fsp3) is 0.125. The summed E-state index contributed by atoms with van der Waals surface area (Å²) in [6.07, 6.45) is 3.10. The Bertz CT molecular complexity index is 405. The molecule has 0 bridgehead atoms. The Morgan fingerprint density at radius 1 is 1.54 bits per heavy atom. The summed E-state index contributed by atoms with van der Waals surface area (Å²) in [5, 5.41) is 17.3. The van der Waals surface area contributed by atoms with Gasteiger partial charge in [-0.25, -0.2) is 4.98 Å². The first-order chi connectivity index (χ1) is 6.33. The zero-order chi connectivity index (χ0) is 9.68. The number of halogens is 1. The van der Waals surface area contributed by atoms with Gasteiger partial charge in [-0.05, 0) is 0 Å². The molecule has 64 valence electrons. The standard InChI is InChI=1S/C8H5ClN4/c9-2-1-3-13-6-12-7(4-10)8(13)5-11/h1-2,6H,3H2/b2-1+. The van der Waals surface area contributed by atoms with Crippen LogP contribution in [-0.2, 0) is 6.54 Å². The van der Waals surface area contributed by atoms with E-state index in [4.69, 9.17) is 22.1 Å². The molecule has 0 N–H and O–H groups in total. The van der Waals surface area contributed by atoms with Gasteiger partial charge >= 0.3 is 0 Å². The maximum Gasteiger partial charge on any atom is 0.176 e. The molecule has 1 rings (SSSR count). The van der Waals surface area contributed by atoms with Gasteiger partial charge in [0.25, 0.3) is 0 Å². The van der Waals surface area contributed by atoms with Crippen molar-refractivity contribution in [1.82, 2.24) is 9.55 Å². The van der Waals surface area contributed by atoms with Gasteiger partial charge in [0.1, 0.15) is 12.1 Å². The molecule has 0 unspecified atom stereocenters. The summed E-state index contributed by atoms with van der Waals surface area (Å²) in [7, 11) is 0. The Morgan fingerprint density at radius 3 is 2.85 bits per heavy atom. The summed E-state index contributed by atoms with van der Waals surface area (Å²) < 4.78 is 1.55. The molecule has 1 heterocycles. The molecule has 0 radical (unpaired) electrons. The van der Waals surface area contributed by atoms with Crippen molar-refractivity contribution < 1.29 is 0 Å². The van der Waals surface area contributed by atoms with Gasteiger partial charge < -0.3 is 4.57 Å². The first-order valence-corrected chi connectivity index (χ1v) is 3.87. The van der Waals surface area contributed by atoms with E-state index in [2.05, 4.69) is 4.98 Å². The van der Waals surface area contributed by atoms with Crippen LogP contribution in [0.2, 0.25) is 0 Å². The number of hydrogen-bond donors (Lipinski definition) is 0. The molecule has 0 aliphatic heterocycles. The van der Waals surface area contributed by atoms with Crippen LogP contribution in [0.4, 0.5) is 0 Å². The summed E-state index contributed by atoms with van der Waals surface area (Å²) in [5.41, 5.74) is 1.76. The maximum atomic E-state index is 8.70. The molecule has 0 saturated heterocycles. The van der Waals surface area contributed by atoms with E-state index in [9.17, 15) is 0 Å². The SMILES string of the molecule is N#Cc1ncn(C/C=C/Cl)c1C#N. The van der Waals surface area contributed by atoms with Crippen molar-refractivity contribution in [2.75, 3.05) is 0 Å². The van der Waals surface area contributed by atoms with Crippen LogP contribution in [0.3, 0.4) is 0 Å². The number of imidazole rings is 1. The second-order valence-corrected chi connectivity index (χ2v) is 2.43. The minimum atomic E-state index is 0.144. The molecule has 0 saturated carbocycles. The van der Waals surface area contributed by atoms with E-state index in [0.29, 0.717) is 6.54 Å². The Balaban J connectivity index is 3.04. The molecule has 0 amide bonds. The van der Waals surface area contributed by atoms with Crippen LogP contribution < -0.4 is 0 Å². The quantitative estimate of drug-likeness (QED) is 0.711. The number of aromatic nitrogens is 2. The lowest BCUT2D eigenvalue weighted by Gasteiger charge is -1.95. The molecule has 0 aliphatic rings. The van der Waals surface area contributed by atoms with Crippen molar-refractivity contribution in [2.45, 2.75) is 6.54 Å². The highest BCUT2D eigenvalue weighted by molar-refractivity contribution is 6.25. The van der Waals surface area contributed by atoms with E-state index in [1.807, 2.05) is 12.1 Å². The Morgan fingerprint density at radius 2 is 2.31 bits per heavy atom. The third-order valence-corrected chi connectivity index (χ3v) is 1.62. The van der Waals surface area contributed by atoms with E-state index in [-0.39, 0.29) is 11.4 Å². The minimum Gasteiger partial charge on any atom is -0.317 e. The predicted molar refractivity (Wildman–Crippen MR) is 46.7 cm³/mol. The summed E-state index contributed by atoms with van der Waals surface area (Å²) in [6, 6.07) is 3.74. The second kappa shape index (κ2) is 4.30. The summed E-state index contributed by atoms with van der Waals surface area (Å²) >= 11 is 5.33. The van der Waals surface area contributed by atoms with E-state index in [1.165, 1.54) is 11.9 Å². The van der Waals surface area contributed by atoms with Gasteiger partial charge in [-0.1, -0.05) is 17.7 Å². The molecular formula is C8H5ClN4. The van der Waals surface area contributed by atoms with Crippen molar-refractivity contribution in [2.24, 2.45) is 0 Å². The Kier molecular flexibility index (Phi) is 3.08. The van der Waals surface area contributed by atoms with E-state index in [0.717, 1.165) is 0 Å². The largest absolute Gasteiger partial charge is 0.317 e. The van der Waals surface area contributed by atoms with Gasteiger partial charge in [0.15, 0.2) is 11.4 Å². The van der Waals surface area contributed by atoms with Crippen LogP contribution >= 0.6 is 11.6 Å².